The lowest BCUT2D eigenvalue weighted by molar-refractivity contribution is -0.133. The Balaban J connectivity index is 1.76. The first-order chi connectivity index (χ1) is 12.6. The van der Waals surface area contributed by atoms with E-state index in [1.807, 2.05) is 47.5 Å². The summed E-state index contributed by atoms with van der Waals surface area (Å²) in [5, 5.41) is 2.64. The van der Waals surface area contributed by atoms with Crippen molar-refractivity contribution in [2.45, 2.75) is 45.6 Å². The van der Waals surface area contributed by atoms with Gasteiger partial charge in [0.25, 0.3) is 0 Å². The second-order valence-electron chi connectivity index (χ2n) is 6.83. The molecular weight excluding hydrogens is 348 g/mol. The van der Waals surface area contributed by atoms with Gasteiger partial charge in [-0.1, -0.05) is 56.8 Å². The van der Waals surface area contributed by atoms with Crippen LogP contribution in [0.4, 0.5) is 0 Å². The number of hydrogen-bond acceptors (Lipinski definition) is 4. The van der Waals surface area contributed by atoms with Crippen LogP contribution < -0.4 is 5.73 Å². The maximum absolute atomic E-state index is 6.10. The van der Waals surface area contributed by atoms with Crippen LogP contribution in [-0.4, -0.2) is 11.6 Å². The maximum atomic E-state index is 6.10. The fourth-order valence-corrected chi connectivity index (χ4v) is 3.51. The summed E-state index contributed by atoms with van der Waals surface area (Å²) in [6, 6.07) is 11.5. The van der Waals surface area contributed by atoms with E-state index >= 15 is 0 Å². The average Bonchev–Trinajstić information content (AvgIpc) is 3.25. The number of nitrogens with two attached hydrogens (primary N) is 1. The molecule has 26 heavy (non-hydrogen) atoms. The van der Waals surface area contributed by atoms with Crippen molar-refractivity contribution in [3.8, 4) is 11.3 Å². The van der Waals surface area contributed by atoms with E-state index in [1.165, 1.54) is 19.3 Å². The Morgan fingerprint density at radius 2 is 2.08 bits per heavy atom. The zero-order valence-corrected chi connectivity index (χ0v) is 16.2. The van der Waals surface area contributed by atoms with Gasteiger partial charge in [0.1, 0.15) is 17.6 Å². The Morgan fingerprint density at radius 1 is 1.23 bits per heavy atom. The number of furan rings is 1. The summed E-state index contributed by atoms with van der Waals surface area (Å²) in [5.41, 5.74) is 6.90. The predicted molar refractivity (Wildman–Crippen MR) is 105 cm³/mol. The molecule has 2 aromatic rings. The molecule has 140 valence electrons. The summed E-state index contributed by atoms with van der Waals surface area (Å²) in [6.45, 7) is 5.29. The highest BCUT2D eigenvalue weighted by Crippen LogP contribution is 2.35. The van der Waals surface area contributed by atoms with Crippen molar-refractivity contribution in [3.05, 3.63) is 59.1 Å². The molecule has 2 heterocycles. The fraction of sp³-hybridized carbons (Fsp3) is 0.429. The molecule has 0 saturated carbocycles. The number of rotatable bonds is 8. The van der Waals surface area contributed by atoms with E-state index in [2.05, 4.69) is 13.8 Å². The Morgan fingerprint density at radius 3 is 2.81 bits per heavy atom. The van der Waals surface area contributed by atoms with Crippen LogP contribution in [0.5, 0.6) is 0 Å². The van der Waals surface area contributed by atoms with Gasteiger partial charge in [-0.25, -0.2) is 0 Å². The molecule has 0 bridgehead atoms. The number of hydrogen-bond donors (Lipinski definition) is 1. The summed E-state index contributed by atoms with van der Waals surface area (Å²) in [4.78, 5) is 5.77. The summed E-state index contributed by atoms with van der Waals surface area (Å²) in [5.74, 6) is 2.63. The van der Waals surface area contributed by atoms with Crippen LogP contribution in [0.3, 0.4) is 0 Å². The molecule has 2 atom stereocenters. The number of benzene rings is 1. The molecule has 1 aliphatic rings. The molecule has 2 N–H and O–H groups in total. The Bertz CT molecular complexity index is 756. The van der Waals surface area contributed by atoms with Gasteiger partial charge in [0.15, 0.2) is 0 Å². The highest BCUT2D eigenvalue weighted by molar-refractivity contribution is 6.30. The molecule has 0 saturated heterocycles. The van der Waals surface area contributed by atoms with E-state index in [4.69, 9.17) is 26.6 Å². The van der Waals surface area contributed by atoms with Crippen LogP contribution >= 0.6 is 11.6 Å². The van der Waals surface area contributed by atoms with E-state index in [1.54, 1.807) is 0 Å². The first kappa shape index (κ1) is 18.9. The summed E-state index contributed by atoms with van der Waals surface area (Å²) in [6.07, 6.45) is 6.68. The zero-order valence-electron chi connectivity index (χ0n) is 15.5. The zero-order chi connectivity index (χ0) is 18.5. The highest BCUT2D eigenvalue weighted by atomic mass is 35.5. The quantitative estimate of drug-likeness (QED) is 0.624. The Labute approximate surface area is 160 Å². The first-order valence-electron chi connectivity index (χ1n) is 9.38. The normalized spacial score (nSPS) is 18.6. The van der Waals surface area contributed by atoms with Crippen molar-refractivity contribution >= 4 is 11.6 Å². The van der Waals surface area contributed by atoms with Crippen molar-refractivity contribution in [3.63, 3.8) is 0 Å². The molecule has 2 unspecified atom stereocenters. The van der Waals surface area contributed by atoms with Crippen LogP contribution in [0, 0.1) is 5.92 Å². The van der Waals surface area contributed by atoms with Gasteiger partial charge in [-0.2, -0.15) is 0 Å². The topological polar surface area (TPSA) is 51.6 Å². The molecule has 3 rings (SSSR count). The van der Waals surface area contributed by atoms with Gasteiger partial charge in [-0.3, -0.25) is 0 Å². The van der Waals surface area contributed by atoms with Crippen molar-refractivity contribution in [1.82, 2.24) is 5.06 Å². The van der Waals surface area contributed by atoms with Crippen LogP contribution in [0.25, 0.3) is 11.3 Å². The van der Waals surface area contributed by atoms with Crippen LogP contribution in [-0.2, 0) is 4.84 Å². The molecule has 0 radical (unpaired) electrons. The lowest BCUT2D eigenvalue weighted by Gasteiger charge is -2.25. The summed E-state index contributed by atoms with van der Waals surface area (Å²) in [7, 11) is 0. The Kier molecular flexibility index (Phi) is 6.28. The van der Waals surface area contributed by atoms with Crippen molar-refractivity contribution in [2.75, 3.05) is 6.54 Å². The lowest BCUT2D eigenvalue weighted by Crippen LogP contribution is -2.29. The number of hydroxylamine groups is 2. The van der Waals surface area contributed by atoms with Crippen molar-refractivity contribution in [2.24, 2.45) is 11.7 Å². The van der Waals surface area contributed by atoms with E-state index in [0.717, 1.165) is 30.0 Å². The molecule has 0 spiro atoms. The van der Waals surface area contributed by atoms with Gasteiger partial charge in [-0.15, -0.1) is 5.06 Å². The van der Waals surface area contributed by atoms with Gasteiger partial charge in [0.2, 0.25) is 5.88 Å². The molecule has 1 aromatic heterocycles. The molecule has 0 aliphatic carbocycles. The molecule has 0 fully saturated rings. The second-order valence-corrected chi connectivity index (χ2v) is 7.27. The van der Waals surface area contributed by atoms with Crippen molar-refractivity contribution in [1.29, 1.82) is 0 Å². The molecule has 1 aromatic carbocycles. The van der Waals surface area contributed by atoms with E-state index in [9.17, 15) is 0 Å². The van der Waals surface area contributed by atoms with Crippen molar-refractivity contribution < 1.29 is 9.25 Å². The number of nitrogens with zero attached hydrogens (tertiary/aromatic N) is 1. The van der Waals surface area contributed by atoms with Crippen LogP contribution in [0.15, 0.2) is 52.8 Å². The van der Waals surface area contributed by atoms with Gasteiger partial charge in [-0.05, 0) is 36.6 Å². The molecule has 5 heteroatoms. The number of unbranched alkanes of at least 4 members (excludes halogenated alkanes) is 1. The molecule has 4 nitrogen and oxygen atoms in total. The van der Waals surface area contributed by atoms with E-state index < -0.39 is 0 Å². The predicted octanol–water partition coefficient (Wildman–Crippen LogP) is 5.90. The fourth-order valence-electron chi connectivity index (χ4n) is 3.32. The third-order valence-corrected chi connectivity index (χ3v) is 5.10. The van der Waals surface area contributed by atoms with E-state index in [0.29, 0.717) is 16.8 Å². The van der Waals surface area contributed by atoms with Gasteiger partial charge < -0.3 is 15.0 Å². The minimum absolute atomic E-state index is 0.0985. The molecule has 0 amide bonds. The van der Waals surface area contributed by atoms with Crippen LogP contribution in [0.2, 0.25) is 5.02 Å². The average molecular weight is 375 g/mol. The Hall–Kier alpha value is -1.91. The van der Waals surface area contributed by atoms with E-state index in [-0.39, 0.29) is 6.04 Å². The molecule has 1 aliphatic heterocycles. The maximum Gasteiger partial charge on any atom is 0.207 e. The monoisotopic (exact) mass is 374 g/mol. The third kappa shape index (κ3) is 4.43. The first-order valence-corrected chi connectivity index (χ1v) is 9.76. The second kappa shape index (κ2) is 8.65. The SMILES string of the molecule is CCCCC(CC)CN1OC(N)=CC1c1ccc(-c2cccc(Cl)c2)o1. The minimum atomic E-state index is -0.0985. The smallest absolute Gasteiger partial charge is 0.207 e. The summed E-state index contributed by atoms with van der Waals surface area (Å²) >= 11 is 6.09. The van der Waals surface area contributed by atoms with Crippen LogP contribution in [0.1, 0.15) is 51.3 Å². The standard InChI is InChI=1S/C21H27ClN2O2/c1-3-5-7-15(4-2)14-24-18(13-21(23)26-24)20-11-10-19(25-20)16-8-6-9-17(22)12-16/h6,8-13,15,18H,3-5,7,14,23H2,1-2H3. The largest absolute Gasteiger partial charge is 0.459 e. The summed E-state index contributed by atoms with van der Waals surface area (Å²) < 4.78 is 6.10. The van der Waals surface area contributed by atoms with Gasteiger partial charge >= 0.3 is 0 Å². The molecular formula is C21H27ClN2O2. The van der Waals surface area contributed by atoms with Gasteiger partial charge in [0.05, 0.1) is 0 Å². The lowest BCUT2D eigenvalue weighted by atomic mass is 9.99. The van der Waals surface area contributed by atoms with Gasteiger partial charge in [0, 0.05) is 23.2 Å². The highest BCUT2D eigenvalue weighted by Gasteiger charge is 2.31. The number of halogens is 1. The third-order valence-electron chi connectivity index (χ3n) is 4.86. The minimum Gasteiger partial charge on any atom is -0.459 e.